The lowest BCUT2D eigenvalue weighted by Crippen LogP contribution is -2.44. The molecule has 5 heterocycles. The Hall–Kier alpha value is -5.00. The van der Waals surface area contributed by atoms with Crippen molar-refractivity contribution >= 4 is 23.2 Å². The van der Waals surface area contributed by atoms with Crippen LogP contribution in [0.3, 0.4) is 0 Å². The van der Waals surface area contributed by atoms with Crippen molar-refractivity contribution in [2.24, 2.45) is 0 Å². The Balaban J connectivity index is 1.35. The number of nitrogen functional groups attached to an aromatic ring is 1. The number of fused-ring (bicyclic) bond motifs is 1. The third kappa shape index (κ3) is 4.36. The van der Waals surface area contributed by atoms with E-state index in [4.69, 9.17) is 10.7 Å². The van der Waals surface area contributed by atoms with E-state index in [1.54, 1.807) is 29.4 Å². The van der Waals surface area contributed by atoms with Gasteiger partial charge in [-0.1, -0.05) is 6.07 Å². The SMILES string of the molecule is CC(=O)c1c([C@@H]2CCN(C(=O)c3ncn[nH]3)[C@@H](C)C2)nc2c(-c3ccc(-c4ccc(F)cc4)nc3)cnn2c1N. The minimum absolute atomic E-state index is 0.0956. The number of aromatic amines is 1. The number of likely N-dealkylation sites (tertiary alicyclic amines) is 1. The van der Waals surface area contributed by atoms with Crippen LogP contribution in [-0.4, -0.2) is 63.9 Å². The molecule has 0 unspecified atom stereocenters. The fourth-order valence-corrected chi connectivity index (χ4v) is 5.40. The fourth-order valence-electron chi connectivity index (χ4n) is 5.40. The average molecular weight is 540 g/mol. The zero-order valence-electron chi connectivity index (χ0n) is 21.9. The maximum Gasteiger partial charge on any atom is 0.291 e. The van der Waals surface area contributed by atoms with Crippen LogP contribution < -0.4 is 5.73 Å². The molecule has 1 aliphatic rings. The number of rotatable bonds is 5. The molecule has 12 heteroatoms. The molecule has 1 amide bonds. The molecule has 1 saturated heterocycles. The number of aromatic nitrogens is 7. The third-order valence-electron chi connectivity index (χ3n) is 7.42. The third-order valence-corrected chi connectivity index (χ3v) is 7.42. The van der Waals surface area contributed by atoms with E-state index in [0.717, 1.165) is 11.1 Å². The van der Waals surface area contributed by atoms with Gasteiger partial charge in [-0.05, 0) is 57.0 Å². The molecule has 1 aliphatic heterocycles. The van der Waals surface area contributed by atoms with Crippen molar-refractivity contribution in [3.8, 4) is 22.4 Å². The largest absolute Gasteiger partial charge is 0.383 e. The summed E-state index contributed by atoms with van der Waals surface area (Å²) in [6, 6.07) is 9.77. The summed E-state index contributed by atoms with van der Waals surface area (Å²) in [7, 11) is 0. The monoisotopic (exact) mass is 539 g/mol. The minimum atomic E-state index is -0.308. The van der Waals surface area contributed by atoms with Gasteiger partial charge in [0.25, 0.3) is 5.91 Å². The molecule has 11 nitrogen and oxygen atoms in total. The number of H-pyrrole nitrogens is 1. The number of hydrogen-bond acceptors (Lipinski definition) is 8. The predicted octanol–water partition coefficient (Wildman–Crippen LogP) is 3.91. The van der Waals surface area contributed by atoms with Gasteiger partial charge in [-0.25, -0.2) is 14.4 Å². The summed E-state index contributed by atoms with van der Waals surface area (Å²) in [5.74, 6) is -0.395. The number of Topliss-reactive ketones (excluding diaryl/α,β-unsaturated/α-hetero) is 1. The molecular weight excluding hydrogens is 513 g/mol. The molecule has 3 N–H and O–H groups in total. The van der Waals surface area contributed by atoms with Crippen LogP contribution in [0.2, 0.25) is 0 Å². The van der Waals surface area contributed by atoms with E-state index >= 15 is 0 Å². The Morgan fingerprint density at radius 3 is 2.50 bits per heavy atom. The van der Waals surface area contributed by atoms with E-state index < -0.39 is 0 Å². The fraction of sp³-hybridized carbons (Fsp3) is 0.250. The number of nitrogens with zero attached hydrogens (tertiary/aromatic N) is 7. The average Bonchev–Trinajstić information content (AvgIpc) is 3.64. The second kappa shape index (κ2) is 9.95. The molecular formula is C28H26FN9O2. The molecule has 40 heavy (non-hydrogen) atoms. The normalized spacial score (nSPS) is 17.3. The predicted molar refractivity (Wildman–Crippen MR) is 145 cm³/mol. The summed E-state index contributed by atoms with van der Waals surface area (Å²) in [5, 5.41) is 10.8. The van der Waals surface area contributed by atoms with Gasteiger partial charge >= 0.3 is 0 Å². The first-order valence-electron chi connectivity index (χ1n) is 12.9. The summed E-state index contributed by atoms with van der Waals surface area (Å²) < 4.78 is 14.8. The summed E-state index contributed by atoms with van der Waals surface area (Å²) in [5.41, 5.74) is 11.0. The molecule has 2 atom stereocenters. The maximum absolute atomic E-state index is 13.3. The first-order chi connectivity index (χ1) is 19.3. The van der Waals surface area contributed by atoms with Crippen molar-refractivity contribution in [3.63, 3.8) is 0 Å². The molecule has 6 rings (SSSR count). The van der Waals surface area contributed by atoms with Gasteiger partial charge in [0.15, 0.2) is 11.4 Å². The summed E-state index contributed by atoms with van der Waals surface area (Å²) in [6.45, 7) is 3.90. The lowest BCUT2D eigenvalue weighted by molar-refractivity contribution is 0.0601. The van der Waals surface area contributed by atoms with Gasteiger partial charge in [0.2, 0.25) is 5.82 Å². The number of pyridine rings is 1. The van der Waals surface area contributed by atoms with E-state index in [0.29, 0.717) is 47.5 Å². The number of carbonyl (C=O) groups excluding carboxylic acids is 2. The quantitative estimate of drug-likeness (QED) is 0.320. The van der Waals surface area contributed by atoms with Gasteiger partial charge in [0.1, 0.15) is 18.0 Å². The first kappa shape index (κ1) is 25.3. The molecule has 0 bridgehead atoms. The number of nitrogens with one attached hydrogen (secondary N) is 1. The smallest absolute Gasteiger partial charge is 0.291 e. The van der Waals surface area contributed by atoms with E-state index in [-0.39, 0.29) is 41.1 Å². The van der Waals surface area contributed by atoms with Crippen LogP contribution in [0.1, 0.15) is 59.3 Å². The van der Waals surface area contributed by atoms with Crippen molar-refractivity contribution < 1.29 is 14.0 Å². The highest BCUT2D eigenvalue weighted by molar-refractivity contribution is 6.00. The Morgan fingerprint density at radius 1 is 1.07 bits per heavy atom. The van der Waals surface area contributed by atoms with Crippen molar-refractivity contribution in [1.29, 1.82) is 0 Å². The lowest BCUT2D eigenvalue weighted by Gasteiger charge is -2.37. The van der Waals surface area contributed by atoms with Crippen LogP contribution in [0.25, 0.3) is 28.0 Å². The summed E-state index contributed by atoms with van der Waals surface area (Å²) in [6.07, 6.45) is 5.87. The molecule has 1 fully saturated rings. The van der Waals surface area contributed by atoms with Gasteiger partial charge in [0, 0.05) is 41.4 Å². The topological polar surface area (TPSA) is 148 Å². The number of anilines is 1. The van der Waals surface area contributed by atoms with Crippen molar-refractivity contribution in [1.82, 2.24) is 39.7 Å². The summed E-state index contributed by atoms with van der Waals surface area (Å²) >= 11 is 0. The van der Waals surface area contributed by atoms with Gasteiger partial charge < -0.3 is 10.6 Å². The number of nitrogens with two attached hydrogens (primary N) is 1. The lowest BCUT2D eigenvalue weighted by atomic mass is 9.86. The van der Waals surface area contributed by atoms with Crippen LogP contribution in [0, 0.1) is 5.82 Å². The highest BCUT2D eigenvalue weighted by Crippen LogP contribution is 2.37. The zero-order valence-corrected chi connectivity index (χ0v) is 21.9. The van der Waals surface area contributed by atoms with E-state index in [9.17, 15) is 14.0 Å². The van der Waals surface area contributed by atoms with Crippen molar-refractivity contribution in [2.45, 2.75) is 38.6 Å². The van der Waals surface area contributed by atoms with Gasteiger partial charge in [0.05, 0.1) is 23.1 Å². The molecule has 0 spiro atoms. The Labute approximate surface area is 228 Å². The maximum atomic E-state index is 13.3. The zero-order chi connectivity index (χ0) is 28.0. The Bertz CT molecular complexity index is 1710. The van der Waals surface area contributed by atoms with Crippen molar-refractivity contribution in [3.05, 3.63) is 78.0 Å². The number of amides is 1. The van der Waals surface area contributed by atoms with E-state index in [1.807, 2.05) is 19.1 Å². The highest BCUT2D eigenvalue weighted by atomic mass is 19.1. The van der Waals surface area contributed by atoms with Gasteiger partial charge in [-0.15, -0.1) is 0 Å². The molecule has 1 aromatic carbocycles. The number of carbonyl (C=O) groups is 2. The van der Waals surface area contributed by atoms with E-state index in [2.05, 4.69) is 25.3 Å². The molecule has 5 aromatic rings. The second-order valence-corrected chi connectivity index (χ2v) is 9.95. The number of halogens is 1. The van der Waals surface area contributed by atoms with Crippen LogP contribution in [0.4, 0.5) is 10.2 Å². The van der Waals surface area contributed by atoms with E-state index in [1.165, 1.54) is 29.9 Å². The first-order valence-corrected chi connectivity index (χ1v) is 12.9. The van der Waals surface area contributed by atoms with Crippen LogP contribution in [0.15, 0.2) is 55.1 Å². The Kier molecular flexibility index (Phi) is 6.29. The standard InChI is InChI=1S/C28H26FN9O2/c1-15-11-18(9-10-37(15)28(40)26-32-14-33-36-26)24-23(16(2)39)25(30)38-27(35-24)21(13-34-38)19-5-8-22(31-12-19)17-3-6-20(29)7-4-17/h3-8,12-15,18H,9-11,30H2,1-2H3,(H,32,33,36)/t15-,18+/m0/s1. The summed E-state index contributed by atoms with van der Waals surface area (Å²) in [4.78, 5) is 40.9. The number of hydrogen-bond donors (Lipinski definition) is 2. The molecule has 4 aromatic heterocycles. The number of benzene rings is 1. The second-order valence-electron chi connectivity index (χ2n) is 9.95. The molecule has 0 saturated carbocycles. The van der Waals surface area contributed by atoms with Crippen molar-refractivity contribution in [2.75, 3.05) is 12.3 Å². The van der Waals surface area contributed by atoms with Crippen LogP contribution in [0.5, 0.6) is 0 Å². The van der Waals surface area contributed by atoms with Crippen LogP contribution in [-0.2, 0) is 0 Å². The molecule has 0 radical (unpaired) electrons. The highest BCUT2D eigenvalue weighted by Gasteiger charge is 2.34. The minimum Gasteiger partial charge on any atom is -0.383 e. The van der Waals surface area contributed by atoms with Gasteiger partial charge in [-0.2, -0.15) is 14.7 Å². The number of piperidine rings is 1. The van der Waals surface area contributed by atoms with Gasteiger partial charge in [-0.3, -0.25) is 19.7 Å². The molecule has 0 aliphatic carbocycles. The Morgan fingerprint density at radius 2 is 1.85 bits per heavy atom. The number of ketones is 1. The van der Waals surface area contributed by atoms with Crippen LogP contribution >= 0.6 is 0 Å². The molecule has 202 valence electrons.